The molecule has 0 aliphatic carbocycles. The highest BCUT2D eigenvalue weighted by Gasteiger charge is 2.56. The van der Waals surface area contributed by atoms with Gasteiger partial charge in [0.2, 0.25) is 0 Å². The van der Waals surface area contributed by atoms with Crippen molar-refractivity contribution in [1.29, 1.82) is 0 Å². The fourth-order valence-electron chi connectivity index (χ4n) is 1.11. The summed E-state index contributed by atoms with van der Waals surface area (Å²) < 4.78 is 21.8. The Morgan fingerprint density at radius 1 is 0.882 bits per heavy atom. The largest absolute Gasteiger partial charge is 0.380 e. The molecule has 104 valence electrons. The second kappa shape index (κ2) is 5.84. The summed E-state index contributed by atoms with van der Waals surface area (Å²) in [6, 6.07) is 0. The van der Waals surface area contributed by atoms with Crippen molar-refractivity contribution in [3.8, 4) is 0 Å². The molecule has 0 radical (unpaired) electrons. The first-order chi connectivity index (χ1) is 7.43. The minimum absolute atomic E-state index is 0.852. The van der Waals surface area contributed by atoms with Gasteiger partial charge in [-0.1, -0.05) is 0 Å². The van der Waals surface area contributed by atoms with Gasteiger partial charge >= 0.3 is 15.2 Å². The first-order valence-electron chi connectivity index (χ1n) is 4.02. The minimum atomic E-state index is -5.15. The Hall–Kier alpha value is 0.800. The van der Waals surface area contributed by atoms with Crippen LogP contribution in [0.15, 0.2) is 0 Å². The molecule has 0 bridgehead atoms. The highest BCUT2D eigenvalue weighted by Crippen LogP contribution is 2.57. The normalized spacial score (nSPS) is 17.9. The van der Waals surface area contributed by atoms with Crippen molar-refractivity contribution >= 4 is 38.4 Å². The zero-order chi connectivity index (χ0) is 14.1. The lowest BCUT2D eigenvalue weighted by molar-refractivity contribution is 0.0128. The topological polar surface area (TPSA) is 156 Å². The maximum atomic E-state index is 10.9. The van der Waals surface area contributed by atoms with Gasteiger partial charge in [0, 0.05) is 11.8 Å². The number of hydrogen-bond acceptors (Lipinski definition) is 4. The summed E-state index contributed by atoms with van der Waals surface area (Å²) in [6.45, 7) is 0. The average molecular weight is 333 g/mol. The molecule has 0 saturated heterocycles. The van der Waals surface area contributed by atoms with E-state index in [-0.39, 0.29) is 0 Å². The van der Waals surface area contributed by atoms with Crippen LogP contribution in [0.4, 0.5) is 0 Å². The van der Waals surface area contributed by atoms with Gasteiger partial charge in [0.15, 0.2) is 11.7 Å². The van der Waals surface area contributed by atoms with Crippen molar-refractivity contribution in [2.75, 3.05) is 11.8 Å². The van der Waals surface area contributed by atoms with E-state index in [9.17, 15) is 19.3 Å². The van der Waals surface area contributed by atoms with Gasteiger partial charge in [0.05, 0.1) is 5.41 Å². The van der Waals surface area contributed by atoms with Crippen LogP contribution in [-0.2, 0) is 9.13 Å². The maximum absolute atomic E-state index is 10.9. The van der Waals surface area contributed by atoms with E-state index in [0.717, 1.165) is 0 Å². The lowest BCUT2D eigenvalue weighted by Crippen LogP contribution is -2.48. The molecular weight excluding hydrogens is 321 g/mol. The monoisotopic (exact) mass is 332 g/mol. The molecule has 0 heterocycles. The van der Waals surface area contributed by atoms with Crippen molar-refractivity contribution in [2.24, 2.45) is 5.41 Å². The Labute approximate surface area is 106 Å². The summed E-state index contributed by atoms with van der Waals surface area (Å²) >= 11 is 10.7. The fraction of sp³-hybridized carbons (Fsp3) is 1.00. The third kappa shape index (κ3) is 3.88. The van der Waals surface area contributed by atoms with Gasteiger partial charge in [-0.15, -0.1) is 23.2 Å². The van der Waals surface area contributed by atoms with Gasteiger partial charge < -0.3 is 29.8 Å². The predicted octanol–water partition coefficient (Wildman–Crippen LogP) is -0.557. The molecule has 0 saturated carbocycles. The van der Waals surface area contributed by atoms with Crippen LogP contribution in [0.5, 0.6) is 0 Å². The van der Waals surface area contributed by atoms with Crippen molar-refractivity contribution in [2.45, 2.75) is 11.7 Å². The molecule has 12 heteroatoms. The van der Waals surface area contributed by atoms with Crippen LogP contribution in [0, 0.1) is 5.41 Å². The van der Waals surface area contributed by atoms with Gasteiger partial charge in [0.1, 0.15) is 0 Å². The Morgan fingerprint density at radius 3 is 1.24 bits per heavy atom. The first kappa shape index (κ1) is 17.8. The second-order valence-corrected chi connectivity index (χ2v) is 7.30. The van der Waals surface area contributed by atoms with Crippen LogP contribution in [0.1, 0.15) is 0 Å². The molecule has 0 aromatic rings. The van der Waals surface area contributed by atoms with E-state index in [1.165, 1.54) is 0 Å². The van der Waals surface area contributed by atoms with Gasteiger partial charge in [-0.05, 0) is 0 Å². The van der Waals surface area contributed by atoms with Crippen LogP contribution < -0.4 is 0 Å². The highest BCUT2D eigenvalue weighted by molar-refractivity contribution is 7.53. The van der Waals surface area contributed by atoms with Gasteiger partial charge in [-0.2, -0.15) is 0 Å². The summed E-state index contributed by atoms with van der Waals surface area (Å²) in [5.74, 6) is -6.88. The number of halogens is 2. The molecule has 6 N–H and O–H groups in total. The molecule has 2 atom stereocenters. The minimum Gasteiger partial charge on any atom is -0.380 e. The SMILES string of the molecule is O=P(O)(O)C(O)C(CCl)(CCl)C(O)P(=O)(O)O. The zero-order valence-corrected chi connectivity index (χ0v) is 11.5. The third-order valence-electron chi connectivity index (χ3n) is 2.16. The number of rotatable bonds is 6. The van der Waals surface area contributed by atoms with E-state index in [2.05, 4.69) is 0 Å². The van der Waals surface area contributed by atoms with Crippen LogP contribution in [0.2, 0.25) is 0 Å². The molecule has 0 fully saturated rings. The molecule has 0 aliphatic heterocycles. The van der Waals surface area contributed by atoms with Gasteiger partial charge in [0.25, 0.3) is 0 Å². The van der Waals surface area contributed by atoms with E-state index in [1.54, 1.807) is 0 Å². The number of alkyl halides is 2. The Kier molecular flexibility index (Phi) is 6.11. The number of aliphatic hydroxyl groups excluding tert-OH is 2. The quantitative estimate of drug-likeness (QED) is 0.279. The van der Waals surface area contributed by atoms with E-state index < -0.39 is 44.1 Å². The Bertz CT molecular complexity index is 316. The molecule has 0 aromatic heterocycles. The standard InChI is InChI=1S/C5H12Cl2O8P2/c6-1-5(2-7,3(8)16(10,11)12)4(9)17(13,14)15/h3-4,8-9H,1-2H2,(H2,10,11,12)(H2,13,14,15). The molecular formula is C5H12Cl2O8P2. The van der Waals surface area contributed by atoms with Crippen LogP contribution in [-0.4, -0.2) is 53.2 Å². The van der Waals surface area contributed by atoms with Crippen LogP contribution in [0.3, 0.4) is 0 Å². The molecule has 17 heavy (non-hydrogen) atoms. The second-order valence-electron chi connectivity index (χ2n) is 3.43. The number of hydrogen-bond donors (Lipinski definition) is 6. The highest BCUT2D eigenvalue weighted by atomic mass is 35.5. The lowest BCUT2D eigenvalue weighted by atomic mass is 9.95. The van der Waals surface area contributed by atoms with Crippen LogP contribution in [0.25, 0.3) is 0 Å². The molecule has 0 amide bonds. The van der Waals surface area contributed by atoms with Crippen molar-refractivity contribution in [3.63, 3.8) is 0 Å². The number of aliphatic hydroxyl groups is 2. The molecule has 0 aromatic carbocycles. The Morgan fingerprint density at radius 2 is 1.12 bits per heavy atom. The van der Waals surface area contributed by atoms with Gasteiger partial charge in [-0.25, -0.2) is 0 Å². The molecule has 8 nitrogen and oxygen atoms in total. The van der Waals surface area contributed by atoms with E-state index >= 15 is 0 Å². The summed E-state index contributed by atoms with van der Waals surface area (Å²) in [7, 11) is -10.3. The Balaban J connectivity index is 5.62. The molecule has 2 unspecified atom stereocenters. The zero-order valence-electron chi connectivity index (χ0n) is 8.22. The predicted molar refractivity (Wildman–Crippen MR) is 60.0 cm³/mol. The van der Waals surface area contributed by atoms with E-state index in [1.807, 2.05) is 0 Å². The van der Waals surface area contributed by atoms with Crippen molar-refractivity contribution in [3.05, 3.63) is 0 Å². The maximum Gasteiger partial charge on any atom is 0.354 e. The summed E-state index contributed by atoms with van der Waals surface area (Å²) in [5, 5.41) is 18.8. The first-order valence-corrected chi connectivity index (χ1v) is 8.45. The smallest absolute Gasteiger partial charge is 0.354 e. The molecule has 0 aliphatic rings. The summed E-state index contributed by atoms with van der Waals surface area (Å²) in [5.41, 5.74) is -2.42. The summed E-state index contributed by atoms with van der Waals surface area (Å²) in [6.07, 6.45) is 0. The van der Waals surface area contributed by atoms with Crippen molar-refractivity contribution in [1.82, 2.24) is 0 Å². The fourth-order valence-corrected chi connectivity index (χ4v) is 4.52. The van der Waals surface area contributed by atoms with E-state index in [0.29, 0.717) is 0 Å². The van der Waals surface area contributed by atoms with Gasteiger partial charge in [-0.3, -0.25) is 9.13 Å². The lowest BCUT2D eigenvalue weighted by Gasteiger charge is -2.38. The third-order valence-corrected chi connectivity index (χ3v) is 5.46. The molecule has 0 spiro atoms. The average Bonchev–Trinajstić information content (AvgIpc) is 2.17. The summed E-state index contributed by atoms with van der Waals surface area (Å²) in [4.78, 5) is 35.1. The van der Waals surface area contributed by atoms with Crippen LogP contribution >= 0.6 is 38.4 Å². The van der Waals surface area contributed by atoms with Crippen molar-refractivity contribution < 1.29 is 38.9 Å². The molecule has 0 rings (SSSR count). The van der Waals surface area contributed by atoms with E-state index in [4.69, 9.17) is 42.8 Å².